The predicted octanol–water partition coefficient (Wildman–Crippen LogP) is 3.79. The van der Waals surface area contributed by atoms with Crippen LogP contribution in [0, 0.1) is 16.7 Å². The second-order valence-electron chi connectivity index (χ2n) is 5.85. The van der Waals surface area contributed by atoms with Crippen molar-refractivity contribution >= 4 is 5.91 Å². The fraction of sp³-hybridized carbons (Fsp3) is 0.444. The monoisotopic (exact) mass is 282 g/mol. The van der Waals surface area contributed by atoms with Crippen LogP contribution in [0.1, 0.15) is 42.5 Å². The van der Waals surface area contributed by atoms with Crippen LogP contribution in [0.25, 0.3) is 0 Å². The van der Waals surface area contributed by atoms with Gasteiger partial charge in [0.2, 0.25) is 0 Å². The van der Waals surface area contributed by atoms with E-state index < -0.39 is 0 Å². The van der Waals surface area contributed by atoms with Crippen LogP contribution >= 0.6 is 0 Å². The molecule has 0 spiro atoms. The van der Waals surface area contributed by atoms with E-state index in [9.17, 15) is 4.79 Å². The van der Waals surface area contributed by atoms with Crippen LogP contribution in [-0.2, 0) is 0 Å². The van der Waals surface area contributed by atoms with Crippen molar-refractivity contribution < 1.29 is 4.79 Å². The number of nitrogens with zero attached hydrogens (tertiary/aromatic N) is 2. The third-order valence-corrected chi connectivity index (χ3v) is 4.31. The zero-order chi connectivity index (χ0) is 15.1. The number of likely N-dealkylation sites (tertiary alicyclic amines) is 1. The maximum Gasteiger partial charge on any atom is 0.253 e. The third kappa shape index (κ3) is 3.72. The van der Waals surface area contributed by atoms with Crippen LogP contribution in [0.5, 0.6) is 0 Å². The van der Waals surface area contributed by atoms with Crippen molar-refractivity contribution in [2.24, 2.45) is 5.41 Å². The lowest BCUT2D eigenvalue weighted by Crippen LogP contribution is -2.46. The molecule has 1 atom stereocenters. The quantitative estimate of drug-likeness (QED) is 0.771. The molecule has 1 saturated heterocycles. The van der Waals surface area contributed by atoms with Crippen LogP contribution in [-0.4, -0.2) is 23.9 Å². The van der Waals surface area contributed by atoms with Crippen molar-refractivity contribution in [1.29, 1.82) is 5.26 Å². The maximum absolute atomic E-state index is 12.6. The summed E-state index contributed by atoms with van der Waals surface area (Å²) in [4.78, 5) is 14.5. The largest absolute Gasteiger partial charge is 0.338 e. The Morgan fingerprint density at radius 1 is 1.43 bits per heavy atom. The molecule has 0 saturated carbocycles. The summed E-state index contributed by atoms with van der Waals surface area (Å²) in [7, 11) is 0. The molecule has 0 N–H and O–H groups in total. The summed E-state index contributed by atoms with van der Waals surface area (Å²) in [6.45, 7) is 5.38. The van der Waals surface area contributed by atoms with E-state index in [0.29, 0.717) is 6.42 Å². The van der Waals surface area contributed by atoms with Crippen molar-refractivity contribution in [3.63, 3.8) is 0 Å². The molecule has 110 valence electrons. The van der Waals surface area contributed by atoms with Gasteiger partial charge in [-0.15, -0.1) is 6.58 Å². The van der Waals surface area contributed by atoms with Gasteiger partial charge < -0.3 is 4.90 Å². The Morgan fingerprint density at radius 3 is 2.86 bits per heavy atom. The predicted molar refractivity (Wildman–Crippen MR) is 83.7 cm³/mol. The van der Waals surface area contributed by atoms with Crippen LogP contribution in [0.4, 0.5) is 0 Å². The molecular weight excluding hydrogens is 260 g/mol. The number of carbonyl (C=O) groups is 1. The molecule has 21 heavy (non-hydrogen) atoms. The Hall–Kier alpha value is -2.08. The first kappa shape index (κ1) is 15.3. The summed E-state index contributed by atoms with van der Waals surface area (Å²) in [5, 5.41) is 8.88. The Kier molecular flexibility index (Phi) is 5.16. The lowest BCUT2D eigenvalue weighted by molar-refractivity contribution is 0.0496. The van der Waals surface area contributed by atoms with Crippen LogP contribution in [0.2, 0.25) is 0 Å². The van der Waals surface area contributed by atoms with Gasteiger partial charge in [0.25, 0.3) is 5.91 Å². The highest BCUT2D eigenvalue weighted by Gasteiger charge is 2.35. The summed E-state index contributed by atoms with van der Waals surface area (Å²) in [5.41, 5.74) is 0.771. The standard InChI is InChI=1S/C18H22N2O/c1-2-10-18(11-6-13-19)12-7-14-20(15-18)17(21)16-8-4-3-5-9-16/h2-5,8-9H,1,6-7,10-12,14-15H2/t18-/m0/s1. The highest BCUT2D eigenvalue weighted by Crippen LogP contribution is 2.38. The number of rotatable bonds is 5. The van der Waals surface area contributed by atoms with Gasteiger partial charge in [-0.25, -0.2) is 0 Å². The zero-order valence-electron chi connectivity index (χ0n) is 12.4. The molecule has 0 unspecified atom stereocenters. The molecule has 0 radical (unpaired) electrons. The molecule has 3 heteroatoms. The first-order chi connectivity index (χ1) is 10.2. The molecule has 1 heterocycles. The smallest absolute Gasteiger partial charge is 0.253 e. The van der Waals surface area contributed by atoms with Crippen LogP contribution in [0.3, 0.4) is 0 Å². The molecule has 1 amide bonds. The molecule has 1 aliphatic rings. The molecule has 0 aliphatic carbocycles. The normalized spacial score (nSPS) is 21.6. The number of hydrogen-bond donors (Lipinski definition) is 0. The highest BCUT2D eigenvalue weighted by atomic mass is 16.2. The molecule has 1 aromatic rings. The van der Waals surface area contributed by atoms with Gasteiger partial charge in [0, 0.05) is 25.1 Å². The average molecular weight is 282 g/mol. The minimum Gasteiger partial charge on any atom is -0.338 e. The minimum absolute atomic E-state index is 0.0279. The Morgan fingerprint density at radius 2 is 2.19 bits per heavy atom. The van der Waals surface area contributed by atoms with Gasteiger partial charge in [-0.2, -0.15) is 5.26 Å². The van der Waals surface area contributed by atoms with E-state index in [1.54, 1.807) is 0 Å². The second-order valence-corrected chi connectivity index (χ2v) is 5.85. The number of piperidine rings is 1. The average Bonchev–Trinajstić information content (AvgIpc) is 2.54. The molecule has 1 aromatic carbocycles. The number of amides is 1. The maximum atomic E-state index is 12.6. The molecule has 1 fully saturated rings. The first-order valence-electron chi connectivity index (χ1n) is 7.53. The topological polar surface area (TPSA) is 44.1 Å². The molecular formula is C18H22N2O. The van der Waals surface area contributed by atoms with E-state index in [2.05, 4.69) is 12.6 Å². The molecule has 1 aliphatic heterocycles. The molecule has 2 rings (SSSR count). The summed E-state index contributed by atoms with van der Waals surface area (Å²) in [5.74, 6) is 0.0979. The number of carbonyl (C=O) groups excluding carboxylic acids is 1. The van der Waals surface area contributed by atoms with Crippen LogP contribution in [0.15, 0.2) is 43.0 Å². The van der Waals surface area contributed by atoms with Crippen molar-refractivity contribution in [2.45, 2.75) is 32.1 Å². The van der Waals surface area contributed by atoms with E-state index in [4.69, 9.17) is 5.26 Å². The summed E-state index contributed by atoms with van der Waals surface area (Å²) >= 11 is 0. The number of nitriles is 1. The van der Waals surface area contributed by atoms with E-state index in [0.717, 1.165) is 44.3 Å². The zero-order valence-corrected chi connectivity index (χ0v) is 12.4. The summed E-state index contributed by atoms with van der Waals surface area (Å²) in [6.07, 6.45) is 6.24. The summed E-state index contributed by atoms with van der Waals surface area (Å²) in [6, 6.07) is 11.7. The lowest BCUT2D eigenvalue weighted by atomic mass is 9.73. The molecule has 0 aromatic heterocycles. The van der Waals surface area contributed by atoms with E-state index in [1.165, 1.54) is 0 Å². The SMILES string of the molecule is C=CC[C@]1(CCC#N)CCCN(C(=O)c2ccccc2)C1. The van der Waals surface area contributed by atoms with Gasteiger partial charge in [-0.05, 0) is 43.2 Å². The first-order valence-corrected chi connectivity index (χ1v) is 7.53. The van der Waals surface area contributed by atoms with Crippen molar-refractivity contribution in [3.8, 4) is 6.07 Å². The fourth-order valence-electron chi connectivity index (χ4n) is 3.24. The fourth-order valence-corrected chi connectivity index (χ4v) is 3.24. The Balaban J connectivity index is 2.13. The molecule has 0 bridgehead atoms. The van der Waals surface area contributed by atoms with Gasteiger partial charge in [0.1, 0.15) is 0 Å². The minimum atomic E-state index is 0.0279. The summed E-state index contributed by atoms with van der Waals surface area (Å²) < 4.78 is 0. The van der Waals surface area contributed by atoms with Gasteiger partial charge in [-0.3, -0.25) is 4.79 Å². The van der Waals surface area contributed by atoms with E-state index in [-0.39, 0.29) is 11.3 Å². The highest BCUT2D eigenvalue weighted by molar-refractivity contribution is 5.94. The van der Waals surface area contributed by atoms with Gasteiger partial charge >= 0.3 is 0 Å². The second kappa shape index (κ2) is 7.08. The Bertz CT molecular complexity index is 532. The van der Waals surface area contributed by atoms with Gasteiger partial charge in [-0.1, -0.05) is 24.3 Å². The number of hydrogen-bond acceptors (Lipinski definition) is 2. The van der Waals surface area contributed by atoms with Crippen molar-refractivity contribution in [2.75, 3.05) is 13.1 Å². The van der Waals surface area contributed by atoms with Gasteiger partial charge in [0.15, 0.2) is 0 Å². The lowest BCUT2D eigenvalue weighted by Gasteiger charge is -2.42. The number of benzene rings is 1. The van der Waals surface area contributed by atoms with E-state index >= 15 is 0 Å². The van der Waals surface area contributed by atoms with E-state index in [1.807, 2.05) is 41.3 Å². The third-order valence-electron chi connectivity index (χ3n) is 4.31. The Labute approximate surface area is 126 Å². The van der Waals surface area contributed by atoms with Crippen molar-refractivity contribution in [3.05, 3.63) is 48.6 Å². The molecule has 3 nitrogen and oxygen atoms in total. The van der Waals surface area contributed by atoms with Crippen molar-refractivity contribution in [1.82, 2.24) is 4.90 Å². The van der Waals surface area contributed by atoms with Gasteiger partial charge in [0.05, 0.1) is 6.07 Å². The number of allylic oxidation sites excluding steroid dienone is 1. The van der Waals surface area contributed by atoms with Crippen LogP contribution < -0.4 is 0 Å².